The van der Waals surface area contributed by atoms with Crippen LogP contribution in [-0.2, 0) is 50.1 Å². The second-order valence-electron chi connectivity index (χ2n) is 12.3. The number of rotatable bonds is 10. The molecule has 2 saturated heterocycles. The van der Waals surface area contributed by atoms with Crippen LogP contribution in [0, 0.1) is 0 Å². The maximum absolute atomic E-state index is 13.1. The smallest absolute Gasteiger partial charge is 0.408 e. The van der Waals surface area contributed by atoms with E-state index in [0.29, 0.717) is 13.0 Å². The molecule has 11 heteroatoms. The zero-order valence-electron chi connectivity index (χ0n) is 26.7. The van der Waals surface area contributed by atoms with E-state index in [1.807, 2.05) is 109 Å². The third kappa shape index (κ3) is 7.39. The Morgan fingerprint density at radius 3 is 2.35 bits per heavy atom. The van der Waals surface area contributed by atoms with Gasteiger partial charge in [0.1, 0.15) is 12.6 Å². The van der Waals surface area contributed by atoms with Crippen molar-refractivity contribution < 1.29 is 33.7 Å². The van der Waals surface area contributed by atoms with E-state index in [2.05, 4.69) is 14.9 Å². The van der Waals surface area contributed by atoms with Crippen LogP contribution in [-0.4, -0.2) is 49.6 Å². The number of benzene rings is 4. The molecule has 0 saturated carbocycles. The normalized spacial score (nSPS) is 20.9. The molecule has 1 aromatic heterocycles. The highest BCUT2D eigenvalue weighted by atomic mass is 16.7. The SMILES string of the molecule is O=C(NC1CC(=O)N(Cc2ccc([C@H]3O[C@@H](Cn4cnc5ccccc54)C[C@@H](c4ccc(CO)cc4)O3)cc2)C1=O)OCc1ccccc1. The lowest BCUT2D eigenvalue weighted by Crippen LogP contribution is -2.41. The molecule has 2 aliphatic rings. The maximum atomic E-state index is 13.1. The summed E-state index contributed by atoms with van der Waals surface area (Å²) < 4.78 is 20.3. The number of carbonyl (C=O) groups is 3. The Balaban J connectivity index is 1.02. The van der Waals surface area contributed by atoms with Crippen LogP contribution < -0.4 is 5.32 Å². The monoisotopic (exact) mass is 660 g/mol. The lowest BCUT2D eigenvalue weighted by Gasteiger charge is -2.36. The predicted molar refractivity (Wildman–Crippen MR) is 178 cm³/mol. The molecule has 250 valence electrons. The number of hydrogen-bond donors (Lipinski definition) is 2. The summed E-state index contributed by atoms with van der Waals surface area (Å²) in [6.07, 6.45) is 0.444. The van der Waals surface area contributed by atoms with E-state index < -0.39 is 24.3 Å². The number of imidazole rings is 1. The molecule has 11 nitrogen and oxygen atoms in total. The summed E-state index contributed by atoms with van der Waals surface area (Å²) in [7, 11) is 0. The molecule has 3 amide bonds. The molecule has 0 radical (unpaired) electrons. The van der Waals surface area contributed by atoms with Crippen LogP contribution in [0.25, 0.3) is 11.0 Å². The first-order chi connectivity index (χ1) is 23.9. The molecule has 1 unspecified atom stereocenters. The number of imide groups is 1. The van der Waals surface area contributed by atoms with Gasteiger partial charge in [0.15, 0.2) is 6.29 Å². The van der Waals surface area contributed by atoms with Gasteiger partial charge in [-0.3, -0.25) is 14.5 Å². The van der Waals surface area contributed by atoms with Crippen LogP contribution in [0.5, 0.6) is 0 Å². The van der Waals surface area contributed by atoms with Gasteiger partial charge in [0.05, 0.1) is 55.7 Å². The minimum Gasteiger partial charge on any atom is -0.445 e. The lowest BCUT2D eigenvalue weighted by molar-refractivity contribution is -0.252. The average Bonchev–Trinajstić information content (AvgIpc) is 3.66. The van der Waals surface area contributed by atoms with Gasteiger partial charge < -0.3 is 29.2 Å². The van der Waals surface area contributed by atoms with Crippen molar-refractivity contribution >= 4 is 28.9 Å². The van der Waals surface area contributed by atoms with Gasteiger partial charge in [-0.1, -0.05) is 91.0 Å². The number of likely N-dealkylation sites (tertiary alicyclic amines) is 1. The molecule has 2 aliphatic heterocycles. The number of amides is 3. The largest absolute Gasteiger partial charge is 0.445 e. The Labute approximate surface area is 283 Å². The first kappa shape index (κ1) is 32.2. The summed E-state index contributed by atoms with van der Waals surface area (Å²) in [5.74, 6) is -0.846. The fourth-order valence-corrected chi connectivity index (χ4v) is 6.24. The number of carbonyl (C=O) groups excluding carboxylic acids is 3. The lowest BCUT2D eigenvalue weighted by atomic mass is 9.99. The highest BCUT2D eigenvalue weighted by molar-refractivity contribution is 6.06. The maximum Gasteiger partial charge on any atom is 0.408 e. The van der Waals surface area contributed by atoms with Crippen molar-refractivity contribution in [1.82, 2.24) is 19.8 Å². The minimum atomic E-state index is -0.980. The summed E-state index contributed by atoms with van der Waals surface area (Å²) in [5, 5.41) is 12.1. The van der Waals surface area contributed by atoms with Crippen LogP contribution in [0.1, 0.15) is 53.1 Å². The number of alkyl carbamates (subject to hydrolysis) is 1. The number of para-hydroxylation sites is 2. The quantitative estimate of drug-likeness (QED) is 0.192. The number of nitrogens with one attached hydrogen (secondary N) is 1. The molecule has 5 aromatic rings. The molecule has 2 N–H and O–H groups in total. The second-order valence-corrected chi connectivity index (χ2v) is 12.3. The van der Waals surface area contributed by atoms with Crippen LogP contribution in [0.4, 0.5) is 4.79 Å². The Morgan fingerprint density at radius 2 is 1.57 bits per heavy atom. The summed E-state index contributed by atoms with van der Waals surface area (Å²) in [6, 6.07) is 31.4. The van der Waals surface area contributed by atoms with Gasteiger partial charge in [-0.25, -0.2) is 9.78 Å². The van der Waals surface area contributed by atoms with Gasteiger partial charge in [-0.15, -0.1) is 0 Å². The number of aliphatic hydroxyl groups excluding tert-OH is 1. The highest BCUT2D eigenvalue weighted by Crippen LogP contribution is 2.39. The van der Waals surface area contributed by atoms with Crippen LogP contribution in [0.15, 0.2) is 109 Å². The number of ether oxygens (including phenoxy) is 3. The van der Waals surface area contributed by atoms with Crippen molar-refractivity contribution in [2.24, 2.45) is 0 Å². The van der Waals surface area contributed by atoms with Crippen molar-refractivity contribution in [2.45, 2.75) is 63.7 Å². The standard InChI is InChI=1S/C38H36N4O7/c43-22-26-12-14-28(15-13-26)34-18-30(21-41-24-39-31-8-4-5-9-33(31)41)48-37(49-34)29-16-10-25(11-17-29)20-42-35(44)19-32(36(42)45)40-38(46)47-23-27-6-2-1-3-7-27/h1-17,24,30,32,34,37,43H,18-23H2,(H,40,46)/t30-,32?,34+,37+/m1/s1. The Bertz CT molecular complexity index is 1930. The molecule has 2 fully saturated rings. The molecule has 4 aromatic carbocycles. The van der Waals surface area contributed by atoms with E-state index in [0.717, 1.165) is 43.8 Å². The van der Waals surface area contributed by atoms with Crippen LogP contribution in [0.3, 0.4) is 0 Å². The predicted octanol–water partition coefficient (Wildman–Crippen LogP) is 5.33. The van der Waals surface area contributed by atoms with Crippen molar-refractivity contribution in [2.75, 3.05) is 0 Å². The number of fused-ring (bicyclic) bond motifs is 1. The van der Waals surface area contributed by atoms with Crippen molar-refractivity contribution in [3.63, 3.8) is 0 Å². The van der Waals surface area contributed by atoms with Crippen LogP contribution >= 0.6 is 0 Å². The number of aromatic nitrogens is 2. The molecule has 0 bridgehead atoms. The Kier molecular flexibility index (Phi) is 9.47. The molecule has 3 heterocycles. The van der Waals surface area contributed by atoms with Crippen LogP contribution in [0.2, 0.25) is 0 Å². The van der Waals surface area contributed by atoms with E-state index >= 15 is 0 Å². The van der Waals surface area contributed by atoms with Crippen molar-refractivity contribution in [3.05, 3.63) is 137 Å². The minimum absolute atomic E-state index is 0.0344. The molecule has 0 spiro atoms. The van der Waals surface area contributed by atoms with E-state index in [1.165, 1.54) is 0 Å². The summed E-state index contributed by atoms with van der Waals surface area (Å²) in [5.41, 5.74) is 6.10. The van der Waals surface area contributed by atoms with Crippen molar-refractivity contribution in [1.29, 1.82) is 0 Å². The third-order valence-electron chi connectivity index (χ3n) is 8.88. The first-order valence-corrected chi connectivity index (χ1v) is 16.2. The fourth-order valence-electron chi connectivity index (χ4n) is 6.24. The van der Waals surface area contributed by atoms with E-state index in [4.69, 9.17) is 14.2 Å². The summed E-state index contributed by atoms with van der Waals surface area (Å²) in [4.78, 5) is 43.9. The molecule has 7 rings (SSSR count). The topological polar surface area (TPSA) is 132 Å². The number of nitrogens with zero attached hydrogens (tertiary/aromatic N) is 3. The Hall–Kier alpha value is -5.36. The average molecular weight is 661 g/mol. The van der Waals surface area contributed by atoms with Gasteiger partial charge in [0.25, 0.3) is 5.91 Å². The van der Waals surface area contributed by atoms with E-state index in [1.54, 1.807) is 0 Å². The van der Waals surface area contributed by atoms with E-state index in [9.17, 15) is 19.5 Å². The number of aliphatic hydroxyl groups is 1. The zero-order valence-corrected chi connectivity index (χ0v) is 26.7. The van der Waals surface area contributed by atoms with Gasteiger partial charge >= 0.3 is 6.09 Å². The molecule has 4 atom stereocenters. The Morgan fingerprint density at radius 1 is 0.857 bits per heavy atom. The van der Waals surface area contributed by atoms with Crippen molar-refractivity contribution in [3.8, 4) is 0 Å². The molecule has 0 aliphatic carbocycles. The summed E-state index contributed by atoms with van der Waals surface area (Å²) in [6.45, 7) is 0.673. The van der Waals surface area contributed by atoms with Gasteiger partial charge in [0, 0.05) is 12.0 Å². The first-order valence-electron chi connectivity index (χ1n) is 16.2. The van der Waals surface area contributed by atoms with Gasteiger partial charge in [-0.05, 0) is 34.4 Å². The zero-order chi connectivity index (χ0) is 33.7. The highest BCUT2D eigenvalue weighted by Gasteiger charge is 2.40. The number of hydrogen-bond acceptors (Lipinski definition) is 8. The van der Waals surface area contributed by atoms with Gasteiger partial charge in [-0.2, -0.15) is 0 Å². The van der Waals surface area contributed by atoms with E-state index in [-0.39, 0.29) is 44.3 Å². The molecular weight excluding hydrogens is 624 g/mol. The molecular formula is C38H36N4O7. The van der Waals surface area contributed by atoms with Gasteiger partial charge in [0.2, 0.25) is 5.91 Å². The second kappa shape index (κ2) is 14.4. The summed E-state index contributed by atoms with van der Waals surface area (Å²) >= 11 is 0. The molecule has 49 heavy (non-hydrogen) atoms. The third-order valence-corrected chi connectivity index (χ3v) is 8.88. The fraction of sp³-hybridized carbons (Fsp3) is 0.263.